The van der Waals surface area contributed by atoms with Crippen LogP contribution in [0.25, 0.3) is 5.57 Å². The van der Waals surface area contributed by atoms with Gasteiger partial charge in [-0.25, -0.2) is 4.79 Å². The summed E-state index contributed by atoms with van der Waals surface area (Å²) in [4.78, 5) is 12.2. The summed E-state index contributed by atoms with van der Waals surface area (Å²) in [5, 5.41) is 9.54. The lowest BCUT2D eigenvalue weighted by atomic mass is 9.93. The molecule has 4 heteroatoms. The minimum absolute atomic E-state index is 0.0205. The second-order valence-electron chi connectivity index (χ2n) is 5.07. The Morgan fingerprint density at radius 1 is 1.12 bits per heavy atom. The SMILES string of the molecule is C=CCOc1ccc(/C(=C(\C#N)C(=O)OCC)c2ccccc2)cc1. The first-order valence-electron chi connectivity index (χ1n) is 7.92. The highest BCUT2D eigenvalue weighted by Gasteiger charge is 2.19. The first-order chi connectivity index (χ1) is 12.2. The number of benzene rings is 2. The van der Waals surface area contributed by atoms with Crippen LogP contribution < -0.4 is 4.74 Å². The number of nitriles is 1. The molecule has 0 aliphatic heterocycles. The molecule has 2 rings (SSSR count). The molecule has 0 bridgehead atoms. The summed E-state index contributed by atoms with van der Waals surface area (Å²) >= 11 is 0. The van der Waals surface area contributed by atoms with E-state index < -0.39 is 5.97 Å². The molecule has 0 saturated heterocycles. The lowest BCUT2D eigenvalue weighted by Gasteiger charge is -2.12. The molecule has 0 fully saturated rings. The second kappa shape index (κ2) is 9.09. The van der Waals surface area contributed by atoms with Gasteiger partial charge in [-0.15, -0.1) is 0 Å². The predicted molar refractivity (Wildman–Crippen MR) is 96.8 cm³/mol. The van der Waals surface area contributed by atoms with Crippen LogP contribution in [0.1, 0.15) is 18.1 Å². The van der Waals surface area contributed by atoms with Gasteiger partial charge in [0.1, 0.15) is 24.0 Å². The highest BCUT2D eigenvalue weighted by atomic mass is 16.5. The van der Waals surface area contributed by atoms with E-state index in [1.165, 1.54) is 0 Å². The van der Waals surface area contributed by atoms with Gasteiger partial charge in [-0.1, -0.05) is 55.1 Å². The Balaban J connectivity index is 2.54. The number of hydrogen-bond acceptors (Lipinski definition) is 4. The quantitative estimate of drug-likeness (QED) is 0.331. The number of esters is 1. The van der Waals surface area contributed by atoms with Crippen molar-refractivity contribution in [1.82, 2.24) is 0 Å². The van der Waals surface area contributed by atoms with Crippen molar-refractivity contribution in [1.29, 1.82) is 5.26 Å². The van der Waals surface area contributed by atoms with E-state index in [1.54, 1.807) is 25.1 Å². The van der Waals surface area contributed by atoms with Crippen molar-refractivity contribution >= 4 is 11.5 Å². The van der Waals surface area contributed by atoms with Crippen LogP contribution in [-0.2, 0) is 9.53 Å². The Bertz CT molecular complexity index is 799. The van der Waals surface area contributed by atoms with Crippen LogP contribution in [0.5, 0.6) is 5.75 Å². The molecular formula is C21H19NO3. The van der Waals surface area contributed by atoms with E-state index in [-0.39, 0.29) is 12.2 Å². The number of nitrogens with zero attached hydrogens (tertiary/aromatic N) is 1. The molecule has 0 aromatic heterocycles. The molecule has 0 unspecified atom stereocenters. The maximum Gasteiger partial charge on any atom is 0.349 e. The molecule has 126 valence electrons. The summed E-state index contributed by atoms with van der Waals surface area (Å²) < 4.78 is 10.5. The first kappa shape index (κ1) is 18.0. The molecule has 0 heterocycles. The fourth-order valence-electron chi connectivity index (χ4n) is 2.34. The molecule has 0 saturated carbocycles. The van der Waals surface area contributed by atoms with Crippen molar-refractivity contribution < 1.29 is 14.3 Å². The molecular weight excluding hydrogens is 314 g/mol. The Labute approximate surface area is 147 Å². The van der Waals surface area contributed by atoms with Crippen LogP contribution in [0, 0.1) is 11.3 Å². The normalized spacial score (nSPS) is 11.0. The number of hydrogen-bond donors (Lipinski definition) is 0. The Hall–Kier alpha value is -3.32. The van der Waals surface area contributed by atoms with Gasteiger partial charge in [0.25, 0.3) is 0 Å². The van der Waals surface area contributed by atoms with Crippen LogP contribution in [-0.4, -0.2) is 19.2 Å². The van der Waals surface area contributed by atoms with Crippen molar-refractivity contribution in [2.75, 3.05) is 13.2 Å². The third kappa shape index (κ3) is 4.58. The number of carbonyl (C=O) groups is 1. The summed E-state index contributed by atoms with van der Waals surface area (Å²) in [6.45, 7) is 5.94. The molecule has 0 spiro atoms. The van der Waals surface area contributed by atoms with Gasteiger partial charge in [0, 0.05) is 5.57 Å². The Kier molecular flexibility index (Phi) is 6.56. The summed E-state index contributed by atoms with van der Waals surface area (Å²) in [5.41, 5.74) is 2.03. The van der Waals surface area contributed by atoms with Crippen LogP contribution in [0.15, 0.2) is 72.8 Å². The molecule has 2 aromatic rings. The van der Waals surface area contributed by atoms with E-state index in [1.807, 2.05) is 48.5 Å². The van der Waals surface area contributed by atoms with E-state index in [2.05, 4.69) is 6.58 Å². The second-order valence-corrected chi connectivity index (χ2v) is 5.07. The van der Waals surface area contributed by atoms with Crippen molar-refractivity contribution in [3.05, 3.63) is 84.0 Å². The number of rotatable bonds is 7. The third-order valence-electron chi connectivity index (χ3n) is 3.41. The zero-order valence-corrected chi connectivity index (χ0v) is 14.1. The average Bonchev–Trinajstić information content (AvgIpc) is 2.65. The fourth-order valence-corrected chi connectivity index (χ4v) is 2.34. The smallest absolute Gasteiger partial charge is 0.349 e. The fraction of sp³-hybridized carbons (Fsp3) is 0.143. The van der Waals surface area contributed by atoms with Crippen molar-refractivity contribution in [3.8, 4) is 11.8 Å². The largest absolute Gasteiger partial charge is 0.490 e. The van der Waals surface area contributed by atoms with Gasteiger partial charge < -0.3 is 9.47 Å². The van der Waals surface area contributed by atoms with E-state index >= 15 is 0 Å². The molecule has 0 aliphatic rings. The zero-order valence-electron chi connectivity index (χ0n) is 14.1. The molecule has 0 amide bonds. The molecule has 0 atom stereocenters. The van der Waals surface area contributed by atoms with Gasteiger partial charge in [0.05, 0.1) is 6.61 Å². The van der Waals surface area contributed by atoms with Gasteiger partial charge in [-0.2, -0.15) is 5.26 Å². The Morgan fingerprint density at radius 3 is 2.32 bits per heavy atom. The van der Waals surface area contributed by atoms with Gasteiger partial charge in [0.15, 0.2) is 0 Å². The number of ether oxygens (including phenoxy) is 2. The highest BCUT2D eigenvalue weighted by Crippen LogP contribution is 2.29. The van der Waals surface area contributed by atoms with Crippen LogP contribution in [0.3, 0.4) is 0 Å². The lowest BCUT2D eigenvalue weighted by Crippen LogP contribution is -2.09. The highest BCUT2D eigenvalue weighted by molar-refractivity contribution is 6.05. The van der Waals surface area contributed by atoms with Crippen molar-refractivity contribution in [3.63, 3.8) is 0 Å². The summed E-state index contributed by atoms with van der Waals surface area (Å²) in [7, 11) is 0. The van der Waals surface area contributed by atoms with Gasteiger partial charge in [0.2, 0.25) is 0 Å². The number of carbonyl (C=O) groups excluding carboxylic acids is 1. The van der Waals surface area contributed by atoms with E-state index in [0.717, 1.165) is 11.1 Å². The summed E-state index contributed by atoms with van der Waals surface area (Å²) in [6, 6.07) is 18.5. The van der Waals surface area contributed by atoms with E-state index in [4.69, 9.17) is 9.47 Å². The van der Waals surface area contributed by atoms with E-state index in [9.17, 15) is 10.1 Å². The molecule has 4 nitrogen and oxygen atoms in total. The van der Waals surface area contributed by atoms with Gasteiger partial charge in [-0.3, -0.25) is 0 Å². The van der Waals surface area contributed by atoms with Crippen molar-refractivity contribution in [2.24, 2.45) is 0 Å². The van der Waals surface area contributed by atoms with Crippen LogP contribution >= 0.6 is 0 Å². The monoisotopic (exact) mass is 333 g/mol. The average molecular weight is 333 g/mol. The molecule has 2 aromatic carbocycles. The molecule has 25 heavy (non-hydrogen) atoms. The maximum absolute atomic E-state index is 12.2. The molecule has 0 N–H and O–H groups in total. The third-order valence-corrected chi connectivity index (χ3v) is 3.41. The van der Waals surface area contributed by atoms with Gasteiger partial charge in [-0.05, 0) is 30.2 Å². The molecule has 0 aliphatic carbocycles. The predicted octanol–water partition coefficient (Wildman–Crippen LogP) is 4.14. The first-order valence-corrected chi connectivity index (χ1v) is 7.92. The van der Waals surface area contributed by atoms with Gasteiger partial charge >= 0.3 is 5.97 Å². The Morgan fingerprint density at radius 2 is 1.76 bits per heavy atom. The molecule has 0 radical (unpaired) electrons. The topological polar surface area (TPSA) is 59.3 Å². The van der Waals surface area contributed by atoms with Crippen LogP contribution in [0.4, 0.5) is 0 Å². The standard InChI is InChI=1S/C21H19NO3/c1-3-14-25-18-12-10-17(11-13-18)20(16-8-6-5-7-9-16)19(15-22)21(23)24-4-2/h3,5-13H,1,4,14H2,2H3/b20-19+. The summed E-state index contributed by atoms with van der Waals surface area (Å²) in [6.07, 6.45) is 1.66. The minimum Gasteiger partial charge on any atom is -0.490 e. The summed E-state index contributed by atoms with van der Waals surface area (Å²) in [5.74, 6) is 0.0570. The van der Waals surface area contributed by atoms with Crippen LogP contribution in [0.2, 0.25) is 0 Å². The lowest BCUT2D eigenvalue weighted by molar-refractivity contribution is -0.137. The van der Waals surface area contributed by atoms with E-state index in [0.29, 0.717) is 17.9 Å². The zero-order chi connectivity index (χ0) is 18.1. The van der Waals surface area contributed by atoms with Crippen molar-refractivity contribution in [2.45, 2.75) is 6.92 Å². The maximum atomic E-state index is 12.2. The minimum atomic E-state index is -0.629.